The largest absolute Gasteiger partial charge is 0.0736 e. The molecule has 0 aromatic carbocycles. The van der Waals surface area contributed by atoms with E-state index in [0.717, 1.165) is 0 Å². The molecule has 0 N–H and O–H groups in total. The van der Waals surface area contributed by atoms with Gasteiger partial charge in [0.05, 0.1) is 0 Å². The summed E-state index contributed by atoms with van der Waals surface area (Å²) in [4.78, 5) is 0. The molecule has 0 atom stereocenters. The van der Waals surface area contributed by atoms with Gasteiger partial charge in [-0.15, -0.1) is 0 Å². The maximum atomic E-state index is 2.36. The van der Waals surface area contributed by atoms with Gasteiger partial charge in [-0.05, 0) is 38.5 Å². The molecule has 1 aliphatic carbocycles. The zero-order chi connectivity index (χ0) is 7.78. The Balaban J connectivity index is 2.72. The molecule has 0 saturated carbocycles. The van der Waals surface area contributed by atoms with Gasteiger partial charge in [0.15, 0.2) is 0 Å². The fourth-order valence-electron chi connectivity index (χ4n) is 1.53. The predicted molar refractivity (Wildman–Crippen MR) is 45.7 cm³/mol. The zero-order valence-electron chi connectivity index (χ0n) is 7.49. The van der Waals surface area contributed by atoms with Crippen molar-refractivity contribution in [1.29, 1.82) is 0 Å². The third-order valence-corrected chi connectivity index (χ3v) is 2.38. The molecule has 0 fully saturated rings. The van der Waals surface area contributed by atoms with E-state index in [1.165, 1.54) is 18.4 Å². The lowest BCUT2D eigenvalue weighted by atomic mass is 9.75. The van der Waals surface area contributed by atoms with Gasteiger partial charge in [-0.2, -0.15) is 0 Å². The number of hydrogen-bond acceptors (Lipinski definition) is 0. The van der Waals surface area contributed by atoms with Gasteiger partial charge in [-0.1, -0.05) is 25.0 Å². The van der Waals surface area contributed by atoms with Gasteiger partial charge in [0.25, 0.3) is 0 Å². The molecule has 0 amide bonds. The van der Waals surface area contributed by atoms with Crippen LogP contribution in [0.2, 0.25) is 0 Å². The van der Waals surface area contributed by atoms with E-state index in [1.807, 2.05) is 0 Å². The first-order valence-corrected chi connectivity index (χ1v) is 4.01. The van der Waals surface area contributed by atoms with Crippen molar-refractivity contribution in [2.75, 3.05) is 0 Å². The van der Waals surface area contributed by atoms with Crippen LogP contribution in [0.5, 0.6) is 0 Å². The highest BCUT2D eigenvalue weighted by atomic mass is 14.3. The molecular weight excluding hydrogens is 120 g/mol. The molecule has 0 aromatic heterocycles. The molecule has 1 rings (SSSR count). The van der Waals surface area contributed by atoms with Gasteiger partial charge in [-0.3, -0.25) is 0 Å². The Morgan fingerprint density at radius 2 is 1.90 bits per heavy atom. The Morgan fingerprint density at radius 3 is 2.30 bits per heavy atom. The maximum absolute atomic E-state index is 2.36. The third-order valence-electron chi connectivity index (χ3n) is 2.38. The number of rotatable bonds is 0. The zero-order valence-corrected chi connectivity index (χ0v) is 7.49. The van der Waals surface area contributed by atoms with Crippen LogP contribution in [-0.4, -0.2) is 0 Å². The average molecular weight is 137 g/mol. The highest BCUT2D eigenvalue weighted by Crippen LogP contribution is 2.37. The minimum Gasteiger partial charge on any atom is -0.0736 e. The summed E-state index contributed by atoms with van der Waals surface area (Å²) in [5, 5.41) is 0. The molecule has 0 spiro atoms. The minimum atomic E-state index is 0.517. The van der Waals surface area contributed by atoms with E-state index in [-0.39, 0.29) is 0 Å². The Morgan fingerprint density at radius 1 is 1.30 bits per heavy atom. The van der Waals surface area contributed by atoms with Gasteiger partial charge in [0, 0.05) is 0 Å². The van der Waals surface area contributed by atoms with Crippen LogP contribution >= 0.6 is 0 Å². The highest BCUT2D eigenvalue weighted by molar-refractivity contribution is 5.23. The first-order valence-electron chi connectivity index (χ1n) is 4.01. The standard InChI is InChI=1S/C10H17/c1-8-5-6-10(3,4)7-9(8)2/h5H,6-7H2,1-4H3. The number of hydrogen-bond donors (Lipinski definition) is 0. The van der Waals surface area contributed by atoms with Crippen molar-refractivity contribution in [3.05, 3.63) is 17.6 Å². The van der Waals surface area contributed by atoms with Crippen molar-refractivity contribution in [2.24, 2.45) is 5.41 Å². The molecule has 57 valence electrons. The Bertz CT molecular complexity index is 161. The van der Waals surface area contributed by atoms with Crippen LogP contribution in [0.25, 0.3) is 0 Å². The lowest BCUT2D eigenvalue weighted by Crippen LogP contribution is -2.16. The summed E-state index contributed by atoms with van der Waals surface area (Å²) in [6.45, 7) is 9.12. The average Bonchev–Trinajstić information content (AvgIpc) is 1.79. The van der Waals surface area contributed by atoms with Crippen molar-refractivity contribution in [1.82, 2.24) is 0 Å². The fraction of sp³-hybridized carbons (Fsp3) is 0.700. The summed E-state index contributed by atoms with van der Waals surface area (Å²) in [5.74, 6) is 0. The lowest BCUT2D eigenvalue weighted by molar-refractivity contribution is 0.345. The van der Waals surface area contributed by atoms with Crippen LogP contribution in [-0.2, 0) is 0 Å². The molecule has 0 heteroatoms. The van der Waals surface area contributed by atoms with Crippen molar-refractivity contribution in [2.45, 2.75) is 40.5 Å². The van der Waals surface area contributed by atoms with Crippen molar-refractivity contribution in [3.63, 3.8) is 0 Å². The Hall–Kier alpha value is -0.260. The van der Waals surface area contributed by atoms with Gasteiger partial charge >= 0.3 is 0 Å². The normalized spacial score (nSPS) is 25.2. The van der Waals surface area contributed by atoms with Crippen molar-refractivity contribution in [3.8, 4) is 0 Å². The molecule has 0 unspecified atom stereocenters. The molecule has 0 nitrogen and oxygen atoms in total. The summed E-state index contributed by atoms with van der Waals surface area (Å²) in [5.41, 5.74) is 3.58. The molecular formula is C10H17. The van der Waals surface area contributed by atoms with Gasteiger partial charge in [0.2, 0.25) is 0 Å². The monoisotopic (exact) mass is 137 g/mol. The van der Waals surface area contributed by atoms with Crippen molar-refractivity contribution >= 4 is 0 Å². The molecule has 10 heavy (non-hydrogen) atoms. The second kappa shape index (κ2) is 2.41. The van der Waals surface area contributed by atoms with E-state index < -0.39 is 0 Å². The quantitative estimate of drug-likeness (QED) is 0.480. The van der Waals surface area contributed by atoms with E-state index in [0.29, 0.717) is 5.41 Å². The smallest absolute Gasteiger partial charge is 0.0132 e. The van der Waals surface area contributed by atoms with Crippen molar-refractivity contribution < 1.29 is 0 Å². The topological polar surface area (TPSA) is 0 Å². The van der Waals surface area contributed by atoms with E-state index in [2.05, 4.69) is 34.1 Å². The van der Waals surface area contributed by atoms with Crippen LogP contribution in [0.4, 0.5) is 0 Å². The summed E-state index contributed by atoms with van der Waals surface area (Å²) in [6, 6.07) is 0. The summed E-state index contributed by atoms with van der Waals surface area (Å²) in [6.07, 6.45) is 4.88. The third kappa shape index (κ3) is 1.62. The first-order chi connectivity index (χ1) is 4.51. The summed E-state index contributed by atoms with van der Waals surface area (Å²) < 4.78 is 0. The molecule has 1 radical (unpaired) electrons. The van der Waals surface area contributed by atoms with E-state index in [1.54, 1.807) is 5.57 Å². The second-order valence-electron chi connectivity index (χ2n) is 4.21. The molecule has 0 saturated heterocycles. The van der Waals surface area contributed by atoms with Gasteiger partial charge < -0.3 is 0 Å². The van der Waals surface area contributed by atoms with Crippen LogP contribution in [0.15, 0.2) is 11.1 Å². The van der Waals surface area contributed by atoms with E-state index >= 15 is 0 Å². The SMILES string of the molecule is CC1=C(C)CC(C)(C)C[CH]1. The lowest BCUT2D eigenvalue weighted by Gasteiger charge is -2.30. The molecule has 0 aliphatic heterocycles. The highest BCUT2D eigenvalue weighted by Gasteiger charge is 2.23. The Labute approximate surface area is 64.3 Å². The van der Waals surface area contributed by atoms with Crippen LogP contribution in [0, 0.1) is 11.8 Å². The number of allylic oxidation sites excluding steroid dienone is 2. The summed E-state index contributed by atoms with van der Waals surface area (Å²) in [7, 11) is 0. The maximum Gasteiger partial charge on any atom is -0.0132 e. The van der Waals surface area contributed by atoms with Gasteiger partial charge in [-0.25, -0.2) is 0 Å². The van der Waals surface area contributed by atoms with Gasteiger partial charge in [0.1, 0.15) is 0 Å². The molecule has 0 heterocycles. The molecule has 0 bridgehead atoms. The first kappa shape index (κ1) is 7.84. The van der Waals surface area contributed by atoms with E-state index in [9.17, 15) is 0 Å². The summed E-state index contributed by atoms with van der Waals surface area (Å²) >= 11 is 0. The van der Waals surface area contributed by atoms with Crippen LogP contribution < -0.4 is 0 Å². The van der Waals surface area contributed by atoms with Crippen LogP contribution in [0.3, 0.4) is 0 Å². The minimum absolute atomic E-state index is 0.517. The van der Waals surface area contributed by atoms with Crippen LogP contribution in [0.1, 0.15) is 40.5 Å². The predicted octanol–water partition coefficient (Wildman–Crippen LogP) is 3.35. The molecule has 0 aromatic rings. The molecule has 1 aliphatic rings. The second-order valence-corrected chi connectivity index (χ2v) is 4.21. The fourth-order valence-corrected chi connectivity index (χ4v) is 1.53. The Kier molecular flexibility index (Phi) is 1.89. The van der Waals surface area contributed by atoms with E-state index in [4.69, 9.17) is 0 Å².